The summed E-state index contributed by atoms with van der Waals surface area (Å²) in [6.45, 7) is 2.96. The van der Waals surface area contributed by atoms with Crippen molar-refractivity contribution >= 4 is 0 Å². The van der Waals surface area contributed by atoms with Crippen molar-refractivity contribution in [3.63, 3.8) is 0 Å². The monoisotopic (exact) mass is 242 g/mol. The average molecular weight is 242 g/mol. The Labute approximate surface area is 108 Å². The van der Waals surface area contributed by atoms with Crippen molar-refractivity contribution in [2.24, 2.45) is 0 Å². The molecule has 1 aromatic heterocycles. The Morgan fingerprint density at radius 1 is 1.17 bits per heavy atom. The van der Waals surface area contributed by atoms with Crippen LogP contribution in [-0.2, 0) is 0 Å². The van der Waals surface area contributed by atoms with Crippen molar-refractivity contribution in [2.45, 2.75) is 13.0 Å². The average Bonchev–Trinajstić information content (AvgIpc) is 2.46. The summed E-state index contributed by atoms with van der Waals surface area (Å²) in [4.78, 5) is 4.46. The van der Waals surface area contributed by atoms with Crippen molar-refractivity contribution in [3.05, 3.63) is 59.9 Å². The Bertz CT molecular complexity index is 485. The van der Waals surface area contributed by atoms with Gasteiger partial charge in [-0.3, -0.25) is 4.98 Å². The molecule has 0 spiro atoms. The van der Waals surface area contributed by atoms with E-state index in [0.29, 0.717) is 0 Å². The highest BCUT2D eigenvalue weighted by atomic mass is 16.5. The maximum atomic E-state index is 5.39. The Kier molecular flexibility index (Phi) is 4.31. The summed E-state index contributed by atoms with van der Waals surface area (Å²) >= 11 is 0. The molecule has 0 saturated carbocycles. The van der Waals surface area contributed by atoms with Crippen LogP contribution in [0, 0.1) is 0 Å². The van der Waals surface area contributed by atoms with Gasteiger partial charge >= 0.3 is 0 Å². The minimum atomic E-state index is 0.0624. The van der Waals surface area contributed by atoms with Crippen molar-refractivity contribution < 1.29 is 4.74 Å². The van der Waals surface area contributed by atoms with Crippen LogP contribution in [0.25, 0.3) is 0 Å². The molecule has 1 atom stereocenters. The van der Waals surface area contributed by atoms with Crippen LogP contribution in [0.1, 0.15) is 24.2 Å². The largest absolute Gasteiger partial charge is 0.495 e. The molecule has 18 heavy (non-hydrogen) atoms. The third kappa shape index (κ3) is 2.68. The molecular formula is C15H18N2O. The van der Waals surface area contributed by atoms with Crippen LogP contribution < -0.4 is 10.1 Å². The van der Waals surface area contributed by atoms with E-state index in [4.69, 9.17) is 4.74 Å². The van der Waals surface area contributed by atoms with E-state index in [2.05, 4.69) is 29.4 Å². The lowest BCUT2D eigenvalue weighted by molar-refractivity contribution is 0.400. The number of ether oxygens (including phenoxy) is 1. The van der Waals surface area contributed by atoms with Gasteiger partial charge in [0.2, 0.25) is 0 Å². The van der Waals surface area contributed by atoms with E-state index >= 15 is 0 Å². The van der Waals surface area contributed by atoms with Gasteiger partial charge in [0.1, 0.15) is 11.4 Å². The van der Waals surface area contributed by atoms with E-state index in [1.165, 1.54) is 5.56 Å². The maximum absolute atomic E-state index is 5.39. The first-order valence-corrected chi connectivity index (χ1v) is 6.14. The van der Waals surface area contributed by atoms with Gasteiger partial charge in [0.25, 0.3) is 0 Å². The number of rotatable bonds is 5. The smallest absolute Gasteiger partial charge is 0.142 e. The van der Waals surface area contributed by atoms with Gasteiger partial charge in [-0.15, -0.1) is 0 Å². The van der Waals surface area contributed by atoms with Gasteiger partial charge in [-0.25, -0.2) is 0 Å². The van der Waals surface area contributed by atoms with Crippen LogP contribution in [0.5, 0.6) is 5.75 Å². The second-order valence-corrected chi connectivity index (χ2v) is 3.99. The fraction of sp³-hybridized carbons (Fsp3) is 0.267. The predicted molar refractivity (Wildman–Crippen MR) is 72.8 cm³/mol. The number of nitrogens with zero attached hydrogens (tertiary/aromatic N) is 1. The van der Waals surface area contributed by atoms with Gasteiger partial charge in [-0.2, -0.15) is 0 Å². The molecule has 0 saturated heterocycles. The minimum absolute atomic E-state index is 0.0624. The molecule has 0 aliphatic rings. The number of methoxy groups -OCH3 is 1. The lowest BCUT2D eigenvalue weighted by Crippen LogP contribution is -2.23. The van der Waals surface area contributed by atoms with Gasteiger partial charge in [0, 0.05) is 6.20 Å². The second kappa shape index (κ2) is 6.17. The quantitative estimate of drug-likeness (QED) is 0.875. The first-order valence-electron chi connectivity index (χ1n) is 6.14. The summed E-state index contributed by atoms with van der Waals surface area (Å²) in [7, 11) is 1.68. The molecule has 3 heteroatoms. The molecule has 1 aromatic carbocycles. The Hall–Kier alpha value is -1.87. The van der Waals surface area contributed by atoms with E-state index < -0.39 is 0 Å². The molecule has 2 rings (SSSR count). The lowest BCUT2D eigenvalue weighted by Gasteiger charge is -2.19. The number of nitrogens with one attached hydrogen (secondary N) is 1. The highest BCUT2D eigenvalue weighted by Gasteiger charge is 2.17. The first kappa shape index (κ1) is 12.6. The zero-order valence-corrected chi connectivity index (χ0v) is 10.8. The highest BCUT2D eigenvalue weighted by molar-refractivity contribution is 5.36. The zero-order chi connectivity index (χ0) is 12.8. The lowest BCUT2D eigenvalue weighted by atomic mass is 10.0. The maximum Gasteiger partial charge on any atom is 0.142 e. The molecular weight excluding hydrogens is 224 g/mol. The van der Waals surface area contributed by atoms with Crippen LogP contribution in [0.2, 0.25) is 0 Å². The third-order valence-corrected chi connectivity index (χ3v) is 2.83. The molecule has 0 fully saturated rings. The van der Waals surface area contributed by atoms with Crippen molar-refractivity contribution in [1.29, 1.82) is 0 Å². The highest BCUT2D eigenvalue weighted by Crippen LogP contribution is 2.27. The molecule has 0 aliphatic heterocycles. The summed E-state index contributed by atoms with van der Waals surface area (Å²) in [5.74, 6) is 0.812. The van der Waals surface area contributed by atoms with E-state index in [9.17, 15) is 0 Å². The number of aromatic nitrogens is 1. The fourth-order valence-corrected chi connectivity index (χ4v) is 2.01. The molecule has 3 nitrogen and oxygen atoms in total. The summed E-state index contributed by atoms with van der Waals surface area (Å²) in [6, 6.07) is 14.2. The van der Waals surface area contributed by atoms with Gasteiger partial charge in [-0.1, -0.05) is 37.3 Å². The SMILES string of the molecule is CCNC(c1ccccc1)c1ncccc1OC. The van der Waals surface area contributed by atoms with Gasteiger partial charge < -0.3 is 10.1 Å². The van der Waals surface area contributed by atoms with E-state index in [0.717, 1.165) is 18.0 Å². The molecule has 0 radical (unpaired) electrons. The Morgan fingerprint density at radius 3 is 2.61 bits per heavy atom. The fourth-order valence-electron chi connectivity index (χ4n) is 2.01. The summed E-state index contributed by atoms with van der Waals surface area (Å²) < 4.78 is 5.39. The number of benzene rings is 1. The van der Waals surface area contributed by atoms with Crippen LogP contribution in [0.15, 0.2) is 48.7 Å². The molecule has 94 valence electrons. The van der Waals surface area contributed by atoms with Crippen LogP contribution in [0.4, 0.5) is 0 Å². The van der Waals surface area contributed by atoms with Crippen LogP contribution in [0.3, 0.4) is 0 Å². The number of hydrogen-bond donors (Lipinski definition) is 1. The normalized spacial score (nSPS) is 12.1. The molecule has 2 aromatic rings. The van der Waals surface area contributed by atoms with E-state index in [1.54, 1.807) is 13.3 Å². The predicted octanol–water partition coefficient (Wildman–Crippen LogP) is 2.79. The Balaban J connectivity index is 2.41. The van der Waals surface area contributed by atoms with Gasteiger partial charge in [-0.05, 0) is 24.2 Å². The molecule has 1 heterocycles. The van der Waals surface area contributed by atoms with E-state index in [1.807, 2.05) is 30.3 Å². The summed E-state index contributed by atoms with van der Waals surface area (Å²) in [5, 5.41) is 3.45. The molecule has 0 aliphatic carbocycles. The molecule has 0 amide bonds. The first-order chi connectivity index (χ1) is 8.86. The van der Waals surface area contributed by atoms with Gasteiger partial charge in [0.05, 0.1) is 13.2 Å². The standard InChI is InChI=1S/C15H18N2O/c1-3-16-14(12-8-5-4-6-9-12)15-13(18-2)10-7-11-17-15/h4-11,14,16H,3H2,1-2H3. The number of pyridine rings is 1. The molecule has 1 unspecified atom stereocenters. The van der Waals surface area contributed by atoms with Gasteiger partial charge in [0.15, 0.2) is 0 Å². The van der Waals surface area contributed by atoms with Crippen LogP contribution >= 0.6 is 0 Å². The summed E-state index contributed by atoms with van der Waals surface area (Å²) in [5.41, 5.74) is 2.12. The minimum Gasteiger partial charge on any atom is -0.495 e. The van der Waals surface area contributed by atoms with E-state index in [-0.39, 0.29) is 6.04 Å². The Morgan fingerprint density at radius 2 is 1.94 bits per heavy atom. The number of hydrogen-bond acceptors (Lipinski definition) is 3. The van der Waals surface area contributed by atoms with Crippen molar-refractivity contribution in [1.82, 2.24) is 10.3 Å². The topological polar surface area (TPSA) is 34.2 Å². The third-order valence-electron chi connectivity index (χ3n) is 2.83. The van der Waals surface area contributed by atoms with Crippen molar-refractivity contribution in [2.75, 3.05) is 13.7 Å². The van der Waals surface area contributed by atoms with Crippen LogP contribution in [-0.4, -0.2) is 18.6 Å². The summed E-state index contributed by atoms with van der Waals surface area (Å²) in [6.07, 6.45) is 1.80. The molecule has 1 N–H and O–H groups in total. The molecule has 0 bridgehead atoms. The van der Waals surface area contributed by atoms with Crippen molar-refractivity contribution in [3.8, 4) is 5.75 Å². The zero-order valence-electron chi connectivity index (χ0n) is 10.8. The second-order valence-electron chi connectivity index (χ2n) is 3.99.